The Balaban J connectivity index is 2.01. The van der Waals surface area contributed by atoms with Gasteiger partial charge in [0.15, 0.2) is 0 Å². The van der Waals surface area contributed by atoms with Crippen LogP contribution in [0.5, 0.6) is 0 Å². The number of hydrogen-bond donors (Lipinski definition) is 1. The van der Waals surface area contributed by atoms with Gasteiger partial charge in [-0.3, -0.25) is 4.79 Å². The second-order valence-corrected chi connectivity index (χ2v) is 7.92. The minimum atomic E-state index is -0.801. The van der Waals surface area contributed by atoms with Gasteiger partial charge in [0.1, 0.15) is 11.3 Å². The van der Waals surface area contributed by atoms with Gasteiger partial charge >= 0.3 is 6.09 Å². The zero-order valence-electron chi connectivity index (χ0n) is 17.3. The molecule has 0 unspecified atom stereocenters. The maximum absolute atomic E-state index is 13.0. The zero-order chi connectivity index (χ0) is 21.9. The predicted octanol–water partition coefficient (Wildman–Crippen LogP) is 2.87. The van der Waals surface area contributed by atoms with Crippen molar-refractivity contribution in [2.45, 2.75) is 31.7 Å². The van der Waals surface area contributed by atoms with Crippen LogP contribution in [0.25, 0.3) is 5.57 Å². The van der Waals surface area contributed by atoms with Crippen molar-refractivity contribution in [3.8, 4) is 6.07 Å². The molecule has 8 nitrogen and oxygen atoms in total. The molecular weight excluding hydrogens is 408 g/mol. The lowest BCUT2D eigenvalue weighted by Crippen LogP contribution is -2.53. The lowest BCUT2D eigenvalue weighted by molar-refractivity contribution is -0.152. The van der Waals surface area contributed by atoms with E-state index in [2.05, 4.69) is 5.32 Å². The van der Waals surface area contributed by atoms with Gasteiger partial charge in [0, 0.05) is 31.7 Å². The normalized spacial score (nSPS) is 18.3. The molecule has 1 spiro atoms. The molecular formula is C21H25ClN4O4. The fourth-order valence-electron chi connectivity index (χ4n) is 3.72. The standard InChI is InChI=1S/C21H25ClN4O4/c1-14-5-6-15(13-16(14)22)17-18(30-20(28)25(2)10-4-9-23)21(24-19(17)27)7-11-26(29-3)12-8-21/h5-6,13H,4,7-8,10-12H2,1-3H3,(H,24,27). The second-order valence-electron chi connectivity index (χ2n) is 7.51. The van der Waals surface area contributed by atoms with Gasteiger partial charge in [0.05, 0.1) is 25.2 Å². The van der Waals surface area contributed by atoms with Crippen LogP contribution in [0.15, 0.2) is 24.0 Å². The summed E-state index contributed by atoms with van der Waals surface area (Å²) in [5.74, 6) is 0.000227. The molecule has 2 amide bonds. The number of nitrogens with one attached hydrogen (secondary N) is 1. The third-order valence-electron chi connectivity index (χ3n) is 5.60. The second kappa shape index (κ2) is 9.04. The number of piperidine rings is 1. The van der Waals surface area contributed by atoms with Gasteiger partial charge in [0.2, 0.25) is 0 Å². The Kier molecular flexibility index (Phi) is 6.66. The summed E-state index contributed by atoms with van der Waals surface area (Å²) in [6.07, 6.45) is 0.636. The third-order valence-corrected chi connectivity index (χ3v) is 6.00. The fourth-order valence-corrected chi connectivity index (χ4v) is 3.90. The van der Waals surface area contributed by atoms with Gasteiger partial charge < -0.3 is 19.8 Å². The minimum Gasteiger partial charge on any atom is -0.411 e. The Hall–Kier alpha value is -2.60. The number of hydrogen-bond acceptors (Lipinski definition) is 6. The van der Waals surface area contributed by atoms with Crippen LogP contribution in [0, 0.1) is 18.3 Å². The monoisotopic (exact) mass is 432 g/mol. The molecule has 1 fully saturated rings. The first-order chi connectivity index (χ1) is 14.3. The van der Waals surface area contributed by atoms with E-state index in [-0.39, 0.29) is 18.9 Å². The van der Waals surface area contributed by atoms with E-state index < -0.39 is 11.6 Å². The Bertz CT molecular complexity index is 916. The maximum Gasteiger partial charge on any atom is 0.414 e. The number of carbonyl (C=O) groups is 2. The lowest BCUT2D eigenvalue weighted by Gasteiger charge is -2.39. The van der Waals surface area contributed by atoms with E-state index in [1.807, 2.05) is 19.1 Å². The molecule has 3 rings (SSSR count). The Morgan fingerprint density at radius 2 is 2.10 bits per heavy atom. The van der Waals surface area contributed by atoms with Crippen LogP contribution in [0.4, 0.5) is 4.79 Å². The number of nitrogens with zero attached hydrogens (tertiary/aromatic N) is 3. The van der Waals surface area contributed by atoms with Crippen LogP contribution in [-0.4, -0.2) is 61.3 Å². The maximum atomic E-state index is 13.0. The Morgan fingerprint density at radius 3 is 2.70 bits per heavy atom. The highest BCUT2D eigenvalue weighted by atomic mass is 35.5. The first-order valence-corrected chi connectivity index (χ1v) is 10.1. The van der Waals surface area contributed by atoms with E-state index in [0.29, 0.717) is 47.8 Å². The van der Waals surface area contributed by atoms with Crippen LogP contribution < -0.4 is 5.32 Å². The van der Waals surface area contributed by atoms with Gasteiger partial charge in [-0.15, -0.1) is 0 Å². The molecule has 1 N–H and O–H groups in total. The van der Waals surface area contributed by atoms with Crippen LogP contribution in [0.2, 0.25) is 5.02 Å². The average Bonchev–Trinajstić information content (AvgIpc) is 2.99. The highest BCUT2D eigenvalue weighted by Crippen LogP contribution is 2.41. The van der Waals surface area contributed by atoms with Crippen molar-refractivity contribution in [1.82, 2.24) is 15.3 Å². The summed E-state index contributed by atoms with van der Waals surface area (Å²) in [4.78, 5) is 32.4. The molecule has 2 heterocycles. The van der Waals surface area contributed by atoms with Crippen molar-refractivity contribution in [3.05, 3.63) is 40.1 Å². The van der Waals surface area contributed by atoms with E-state index >= 15 is 0 Å². The summed E-state index contributed by atoms with van der Waals surface area (Å²) in [5, 5.41) is 14.2. The summed E-state index contributed by atoms with van der Waals surface area (Å²) >= 11 is 6.29. The molecule has 1 aromatic carbocycles. The first kappa shape index (κ1) is 22.1. The van der Waals surface area contributed by atoms with Crippen molar-refractivity contribution in [1.29, 1.82) is 5.26 Å². The van der Waals surface area contributed by atoms with Crippen molar-refractivity contribution < 1.29 is 19.2 Å². The molecule has 0 bridgehead atoms. The summed E-state index contributed by atoms with van der Waals surface area (Å²) in [6.45, 7) is 3.26. The third kappa shape index (κ3) is 4.29. The van der Waals surface area contributed by atoms with E-state index in [4.69, 9.17) is 26.4 Å². The molecule has 2 aliphatic heterocycles. The largest absolute Gasteiger partial charge is 0.414 e. The van der Waals surface area contributed by atoms with Crippen molar-refractivity contribution in [2.24, 2.45) is 0 Å². The first-order valence-electron chi connectivity index (χ1n) is 9.74. The van der Waals surface area contributed by atoms with Gasteiger partial charge in [-0.2, -0.15) is 10.3 Å². The number of nitriles is 1. The van der Waals surface area contributed by atoms with E-state index in [0.717, 1.165) is 5.56 Å². The minimum absolute atomic E-state index is 0.191. The summed E-state index contributed by atoms with van der Waals surface area (Å²) in [5.41, 5.74) is 0.989. The molecule has 1 aromatic rings. The van der Waals surface area contributed by atoms with Gasteiger partial charge in [-0.05, 0) is 37.0 Å². The van der Waals surface area contributed by atoms with Gasteiger partial charge in [0.25, 0.3) is 5.91 Å². The molecule has 0 aromatic heterocycles. The van der Waals surface area contributed by atoms with Gasteiger partial charge in [-0.25, -0.2) is 4.79 Å². The molecule has 0 atom stereocenters. The number of amides is 2. The number of rotatable bonds is 5. The van der Waals surface area contributed by atoms with Crippen molar-refractivity contribution in [3.63, 3.8) is 0 Å². The van der Waals surface area contributed by atoms with E-state index in [1.54, 1.807) is 31.4 Å². The quantitative estimate of drug-likeness (QED) is 0.768. The van der Waals surface area contributed by atoms with Crippen molar-refractivity contribution >= 4 is 29.2 Å². The number of hydroxylamine groups is 2. The number of carbonyl (C=O) groups excluding carboxylic acids is 2. The van der Waals surface area contributed by atoms with Gasteiger partial charge in [-0.1, -0.05) is 23.7 Å². The van der Waals surface area contributed by atoms with E-state index in [9.17, 15) is 9.59 Å². The lowest BCUT2D eigenvalue weighted by atomic mass is 9.86. The number of benzene rings is 1. The van der Waals surface area contributed by atoms with Crippen LogP contribution in [0.1, 0.15) is 30.4 Å². The molecule has 0 aliphatic carbocycles. The zero-order valence-corrected chi connectivity index (χ0v) is 18.1. The molecule has 0 radical (unpaired) electrons. The SMILES string of the molecule is CON1CCC2(CC1)NC(=O)C(c1ccc(C)c(Cl)c1)=C2OC(=O)N(C)CCC#N. The molecule has 0 saturated carbocycles. The number of aryl methyl sites for hydroxylation is 1. The Morgan fingerprint density at radius 1 is 1.40 bits per heavy atom. The molecule has 1 saturated heterocycles. The van der Waals surface area contributed by atoms with E-state index in [1.165, 1.54) is 4.90 Å². The molecule has 30 heavy (non-hydrogen) atoms. The highest BCUT2D eigenvalue weighted by molar-refractivity contribution is 6.32. The van der Waals surface area contributed by atoms with Crippen LogP contribution in [0.3, 0.4) is 0 Å². The van der Waals surface area contributed by atoms with Crippen molar-refractivity contribution in [2.75, 3.05) is 33.8 Å². The predicted molar refractivity (Wildman–Crippen MR) is 111 cm³/mol. The van der Waals surface area contributed by atoms with Crippen LogP contribution in [-0.2, 0) is 14.4 Å². The number of ether oxygens (including phenoxy) is 1. The summed E-state index contributed by atoms with van der Waals surface area (Å²) in [6, 6.07) is 7.34. The fraction of sp³-hybridized carbons (Fsp3) is 0.476. The Labute approximate surface area is 180 Å². The molecule has 9 heteroatoms. The summed E-state index contributed by atoms with van der Waals surface area (Å²) in [7, 11) is 3.17. The topological polar surface area (TPSA) is 94.9 Å². The smallest absolute Gasteiger partial charge is 0.411 e. The molecule has 160 valence electrons. The number of halogens is 1. The molecule has 2 aliphatic rings. The van der Waals surface area contributed by atoms with Crippen LogP contribution >= 0.6 is 11.6 Å². The highest BCUT2D eigenvalue weighted by Gasteiger charge is 2.50. The summed E-state index contributed by atoms with van der Waals surface area (Å²) < 4.78 is 5.81. The average molecular weight is 433 g/mol.